The molecule has 0 aliphatic heterocycles. The topological polar surface area (TPSA) is 20.2 Å². The number of hydrogen-bond acceptors (Lipinski definition) is 1. The normalized spacial score (nSPS) is 12.6. The van der Waals surface area contributed by atoms with Gasteiger partial charge in [-0.2, -0.15) is 0 Å². The van der Waals surface area contributed by atoms with Crippen LogP contribution in [0.25, 0.3) is 0 Å². The summed E-state index contributed by atoms with van der Waals surface area (Å²) in [5, 5.41) is 7.94. The quantitative estimate of drug-likeness (QED) is 0.486. The number of rotatable bonds is 0. The van der Waals surface area contributed by atoms with Crippen LogP contribution in [0.2, 0.25) is 0 Å². The van der Waals surface area contributed by atoms with Crippen LogP contribution in [0, 0.1) is 6.92 Å². The first-order chi connectivity index (χ1) is 1.73. The van der Waals surface area contributed by atoms with Crippen LogP contribution < -0.4 is 0 Å². The van der Waals surface area contributed by atoms with Crippen LogP contribution in [-0.2, 0) is 32.7 Å². The summed E-state index contributed by atoms with van der Waals surface area (Å²) in [4.78, 5) is 0. The molecule has 0 saturated heterocycles. The molecule has 0 aromatic heterocycles. The molecule has 0 spiro atoms. The van der Waals surface area contributed by atoms with Gasteiger partial charge in [-0.1, -0.05) is 13.0 Å². The minimum atomic E-state index is -0.417. The Balaban J connectivity index is 0. The second-order valence-corrected chi connectivity index (χ2v) is 0.849. The van der Waals surface area contributed by atoms with Gasteiger partial charge in [0.1, 0.15) is 0 Å². The van der Waals surface area contributed by atoms with Gasteiger partial charge in [-0.05, 0) is 0 Å². The van der Waals surface area contributed by atoms with Crippen molar-refractivity contribution in [3.05, 3.63) is 6.92 Å². The van der Waals surface area contributed by atoms with E-state index in [-0.39, 0.29) is 32.7 Å². The van der Waals surface area contributed by atoms with Gasteiger partial charge in [0.15, 0.2) is 0 Å². The Bertz CT molecular complexity index is 11.6. The standard InChI is InChI=1S/C3H7O.Y/c1-3(2)4;/h3-4H,1H2,2H3;/q-1;+3. The van der Waals surface area contributed by atoms with Gasteiger partial charge in [0.25, 0.3) is 0 Å². The van der Waals surface area contributed by atoms with Crippen molar-refractivity contribution < 1.29 is 37.8 Å². The molecule has 1 unspecified atom stereocenters. The van der Waals surface area contributed by atoms with Crippen molar-refractivity contribution in [2.24, 2.45) is 0 Å². The van der Waals surface area contributed by atoms with E-state index in [4.69, 9.17) is 5.11 Å². The Kier molecular flexibility index (Phi) is 9.54. The molecule has 1 N–H and O–H groups in total. The molecule has 0 saturated carbocycles. The van der Waals surface area contributed by atoms with Gasteiger partial charge >= 0.3 is 32.7 Å². The van der Waals surface area contributed by atoms with Crippen molar-refractivity contribution in [2.75, 3.05) is 0 Å². The molecule has 0 aromatic carbocycles. The molecule has 0 amide bonds. The van der Waals surface area contributed by atoms with Gasteiger partial charge in [0.05, 0.1) is 0 Å². The molecule has 0 aromatic rings. The largest absolute Gasteiger partial charge is 3.00 e. The molecule has 0 radical (unpaired) electrons. The first kappa shape index (κ1) is 9.42. The van der Waals surface area contributed by atoms with E-state index in [1.807, 2.05) is 0 Å². The monoisotopic (exact) mass is 148 g/mol. The van der Waals surface area contributed by atoms with E-state index in [1.165, 1.54) is 0 Å². The van der Waals surface area contributed by atoms with E-state index in [0.717, 1.165) is 0 Å². The molecule has 5 heavy (non-hydrogen) atoms. The second-order valence-electron chi connectivity index (χ2n) is 0.849. The van der Waals surface area contributed by atoms with Crippen LogP contribution in [0.4, 0.5) is 0 Å². The van der Waals surface area contributed by atoms with E-state index in [1.54, 1.807) is 6.92 Å². The van der Waals surface area contributed by atoms with Gasteiger partial charge in [0, 0.05) is 0 Å². The molecular weight excluding hydrogens is 141 g/mol. The molecule has 0 rings (SSSR count). The molecule has 0 bridgehead atoms. The fourth-order valence-electron chi connectivity index (χ4n) is 0. The minimum Gasteiger partial charge on any atom is -0.426 e. The van der Waals surface area contributed by atoms with Crippen LogP contribution in [0.3, 0.4) is 0 Å². The summed E-state index contributed by atoms with van der Waals surface area (Å²) in [5.41, 5.74) is 0. The zero-order chi connectivity index (χ0) is 3.58. The van der Waals surface area contributed by atoms with E-state index < -0.39 is 6.10 Å². The zero-order valence-electron chi connectivity index (χ0n) is 3.31. The molecule has 26 valence electrons. The summed E-state index contributed by atoms with van der Waals surface area (Å²) in [5.74, 6) is 0. The average molecular weight is 148 g/mol. The Morgan fingerprint density at radius 3 is 1.80 bits per heavy atom. The summed E-state index contributed by atoms with van der Waals surface area (Å²) < 4.78 is 0. The third-order valence-electron chi connectivity index (χ3n) is 0. The third kappa shape index (κ3) is 42.0. The van der Waals surface area contributed by atoms with Gasteiger partial charge in [-0.3, -0.25) is 0 Å². The number of aliphatic hydroxyl groups is 1. The third-order valence-corrected chi connectivity index (χ3v) is 0. The molecule has 0 heterocycles. The molecule has 1 atom stereocenters. The van der Waals surface area contributed by atoms with Crippen LogP contribution in [0.15, 0.2) is 0 Å². The molecule has 0 fully saturated rings. The molecular formula is C3H7OY+2. The van der Waals surface area contributed by atoms with Gasteiger partial charge in [-0.25, -0.2) is 0 Å². The van der Waals surface area contributed by atoms with Crippen molar-refractivity contribution in [3.8, 4) is 0 Å². The first-order valence-corrected chi connectivity index (χ1v) is 1.24. The van der Waals surface area contributed by atoms with Crippen LogP contribution in [-0.4, -0.2) is 11.2 Å². The van der Waals surface area contributed by atoms with E-state index in [9.17, 15) is 0 Å². The van der Waals surface area contributed by atoms with E-state index in [2.05, 4.69) is 6.92 Å². The Morgan fingerprint density at radius 2 is 1.80 bits per heavy atom. The maximum Gasteiger partial charge on any atom is 3.00 e. The summed E-state index contributed by atoms with van der Waals surface area (Å²) in [6.45, 7) is 4.81. The van der Waals surface area contributed by atoms with Crippen LogP contribution in [0.1, 0.15) is 6.92 Å². The van der Waals surface area contributed by atoms with Crippen molar-refractivity contribution in [2.45, 2.75) is 13.0 Å². The SMILES string of the molecule is [CH2-]C(C)O.[Y+3]. The number of aliphatic hydroxyl groups excluding tert-OH is 1. The molecule has 0 aliphatic carbocycles. The predicted molar refractivity (Wildman–Crippen MR) is 17.0 cm³/mol. The minimum absolute atomic E-state index is 0. The zero-order valence-corrected chi connectivity index (χ0v) is 6.15. The summed E-state index contributed by atoms with van der Waals surface area (Å²) in [6, 6.07) is 0. The number of hydrogen-bond donors (Lipinski definition) is 1. The Morgan fingerprint density at radius 1 is 1.80 bits per heavy atom. The average Bonchev–Trinajstić information content (AvgIpc) is 0.811. The molecule has 2 heteroatoms. The van der Waals surface area contributed by atoms with Crippen molar-refractivity contribution >= 4 is 0 Å². The maximum absolute atomic E-state index is 7.94. The maximum atomic E-state index is 7.94. The van der Waals surface area contributed by atoms with E-state index >= 15 is 0 Å². The predicted octanol–water partition coefficient (Wildman–Crippen LogP) is 0.199. The summed E-state index contributed by atoms with van der Waals surface area (Å²) >= 11 is 0. The Hall–Kier alpha value is 1.06. The summed E-state index contributed by atoms with van der Waals surface area (Å²) in [7, 11) is 0. The van der Waals surface area contributed by atoms with Crippen LogP contribution >= 0.6 is 0 Å². The van der Waals surface area contributed by atoms with Crippen molar-refractivity contribution in [1.82, 2.24) is 0 Å². The fraction of sp³-hybridized carbons (Fsp3) is 0.667. The van der Waals surface area contributed by atoms with Gasteiger partial charge < -0.3 is 12.0 Å². The smallest absolute Gasteiger partial charge is 0.426 e. The molecule has 1 nitrogen and oxygen atoms in total. The molecule has 0 aliphatic rings. The second kappa shape index (κ2) is 5.06. The van der Waals surface area contributed by atoms with E-state index in [0.29, 0.717) is 0 Å². The summed E-state index contributed by atoms with van der Waals surface area (Å²) in [6.07, 6.45) is -0.417. The van der Waals surface area contributed by atoms with Gasteiger partial charge in [-0.15, -0.1) is 0 Å². The van der Waals surface area contributed by atoms with Crippen LogP contribution in [0.5, 0.6) is 0 Å². The Labute approximate surface area is 57.6 Å². The van der Waals surface area contributed by atoms with Gasteiger partial charge in [0.2, 0.25) is 0 Å². The van der Waals surface area contributed by atoms with Crippen molar-refractivity contribution in [3.63, 3.8) is 0 Å². The first-order valence-electron chi connectivity index (χ1n) is 1.24. The van der Waals surface area contributed by atoms with Crippen molar-refractivity contribution in [1.29, 1.82) is 0 Å². The fourth-order valence-corrected chi connectivity index (χ4v) is 0.